The van der Waals surface area contributed by atoms with E-state index >= 15 is 0 Å². The summed E-state index contributed by atoms with van der Waals surface area (Å²) < 4.78 is 27.0. The molecule has 0 aliphatic carbocycles. The minimum Gasteiger partial charge on any atom is -0.213 e. The van der Waals surface area contributed by atoms with Gasteiger partial charge >= 0.3 is 0 Å². The monoisotopic (exact) mass is 377 g/mol. The van der Waals surface area contributed by atoms with Crippen LogP contribution in [-0.2, 0) is 10.0 Å². The van der Waals surface area contributed by atoms with Crippen molar-refractivity contribution in [2.45, 2.75) is 25.7 Å². The van der Waals surface area contributed by atoms with Gasteiger partial charge in [0.1, 0.15) is 5.01 Å². The van der Waals surface area contributed by atoms with Crippen molar-refractivity contribution in [2.24, 2.45) is 0 Å². The highest BCUT2D eigenvalue weighted by molar-refractivity contribution is 7.88. The van der Waals surface area contributed by atoms with E-state index in [0.717, 1.165) is 34.2 Å². The summed E-state index contributed by atoms with van der Waals surface area (Å²) in [6.45, 7) is 3.07. The lowest BCUT2D eigenvalue weighted by Gasteiger charge is -2.29. The molecule has 0 amide bonds. The summed E-state index contributed by atoms with van der Waals surface area (Å²) in [6.07, 6.45) is 2.97. The molecule has 132 valence electrons. The number of aromatic nitrogens is 4. The van der Waals surface area contributed by atoms with Gasteiger partial charge in [-0.1, -0.05) is 41.2 Å². The highest BCUT2D eigenvalue weighted by Gasteiger charge is 2.30. The highest BCUT2D eigenvalue weighted by atomic mass is 32.2. The van der Waals surface area contributed by atoms with Crippen molar-refractivity contribution in [2.75, 3.05) is 19.3 Å². The molecule has 4 rings (SSSR count). The molecular weight excluding hydrogens is 358 g/mol. The fourth-order valence-electron chi connectivity index (χ4n) is 3.15. The van der Waals surface area contributed by atoms with E-state index in [-0.39, 0.29) is 5.92 Å². The first-order chi connectivity index (χ1) is 11.9. The van der Waals surface area contributed by atoms with Gasteiger partial charge in [-0.15, -0.1) is 10.2 Å². The van der Waals surface area contributed by atoms with Gasteiger partial charge in [0.25, 0.3) is 0 Å². The standard InChI is InChI=1S/C16H19N5O2S2/c1-11-5-7-12(8-6-11)15-19-21-14(17-18-16(21)24-15)13-4-3-9-20(10-13)25(2,22)23/h5-8,13H,3-4,9-10H2,1-2H3. The normalized spacial score (nSPS) is 19.5. The lowest BCUT2D eigenvalue weighted by molar-refractivity contribution is 0.309. The smallest absolute Gasteiger partial charge is 0.213 e. The van der Waals surface area contributed by atoms with Crippen molar-refractivity contribution in [1.29, 1.82) is 0 Å². The largest absolute Gasteiger partial charge is 0.234 e. The number of nitrogens with zero attached hydrogens (tertiary/aromatic N) is 5. The maximum Gasteiger partial charge on any atom is 0.234 e. The van der Waals surface area contributed by atoms with Crippen LogP contribution in [0.1, 0.15) is 30.1 Å². The van der Waals surface area contributed by atoms with E-state index in [4.69, 9.17) is 0 Å². The number of rotatable bonds is 3. The molecule has 0 radical (unpaired) electrons. The van der Waals surface area contributed by atoms with E-state index in [9.17, 15) is 8.42 Å². The van der Waals surface area contributed by atoms with Crippen LogP contribution >= 0.6 is 11.3 Å². The van der Waals surface area contributed by atoms with Gasteiger partial charge in [-0.3, -0.25) is 0 Å². The quantitative estimate of drug-likeness (QED) is 0.700. The molecule has 1 unspecified atom stereocenters. The van der Waals surface area contributed by atoms with Gasteiger partial charge in [0.15, 0.2) is 5.82 Å². The van der Waals surface area contributed by atoms with Crippen LogP contribution in [0.4, 0.5) is 0 Å². The van der Waals surface area contributed by atoms with Crippen LogP contribution in [0.15, 0.2) is 24.3 Å². The molecule has 3 aromatic rings. The van der Waals surface area contributed by atoms with Gasteiger partial charge in [0.05, 0.1) is 6.26 Å². The van der Waals surface area contributed by atoms with Crippen LogP contribution in [-0.4, -0.2) is 51.9 Å². The Morgan fingerprint density at radius 3 is 2.68 bits per heavy atom. The van der Waals surface area contributed by atoms with Crippen LogP contribution in [0.3, 0.4) is 0 Å². The molecule has 1 aliphatic heterocycles. The summed E-state index contributed by atoms with van der Waals surface area (Å²) in [4.78, 5) is 0.738. The number of aryl methyl sites for hydroxylation is 1. The Morgan fingerprint density at radius 1 is 1.20 bits per heavy atom. The predicted octanol–water partition coefficient (Wildman–Crippen LogP) is 2.30. The topological polar surface area (TPSA) is 80.5 Å². The fourth-order valence-corrected chi connectivity index (χ4v) is 4.92. The van der Waals surface area contributed by atoms with E-state index < -0.39 is 10.0 Å². The van der Waals surface area contributed by atoms with E-state index in [1.165, 1.54) is 27.5 Å². The molecule has 7 nitrogen and oxygen atoms in total. The first kappa shape index (κ1) is 16.6. The molecule has 0 N–H and O–H groups in total. The number of hydrogen-bond donors (Lipinski definition) is 0. The maximum atomic E-state index is 11.9. The third kappa shape index (κ3) is 3.19. The summed E-state index contributed by atoms with van der Waals surface area (Å²) in [5.41, 5.74) is 2.25. The summed E-state index contributed by atoms with van der Waals surface area (Å²) in [5.74, 6) is 0.768. The highest BCUT2D eigenvalue weighted by Crippen LogP contribution is 2.30. The third-order valence-corrected chi connectivity index (χ3v) is 6.75. The summed E-state index contributed by atoms with van der Waals surface area (Å²) >= 11 is 1.49. The third-order valence-electron chi connectivity index (χ3n) is 4.53. The average Bonchev–Trinajstić information content (AvgIpc) is 3.15. The Kier molecular flexibility index (Phi) is 4.09. The minimum atomic E-state index is -3.19. The molecule has 1 aromatic carbocycles. The Labute approximate surface area is 150 Å². The Balaban J connectivity index is 1.68. The molecule has 0 bridgehead atoms. The van der Waals surface area contributed by atoms with Crippen molar-refractivity contribution in [3.63, 3.8) is 0 Å². The fraction of sp³-hybridized carbons (Fsp3) is 0.438. The van der Waals surface area contributed by atoms with Gasteiger partial charge in [0, 0.05) is 24.6 Å². The number of piperidine rings is 1. The van der Waals surface area contributed by atoms with E-state index in [2.05, 4.69) is 34.4 Å². The second-order valence-corrected chi connectivity index (χ2v) is 9.42. The average molecular weight is 377 g/mol. The molecule has 1 fully saturated rings. The molecular formula is C16H19N5O2S2. The Morgan fingerprint density at radius 2 is 1.96 bits per heavy atom. The Bertz CT molecular complexity index is 1010. The predicted molar refractivity (Wildman–Crippen MR) is 97.2 cm³/mol. The lowest BCUT2D eigenvalue weighted by atomic mass is 9.99. The molecule has 0 spiro atoms. The van der Waals surface area contributed by atoms with Crippen molar-refractivity contribution < 1.29 is 8.42 Å². The van der Waals surface area contributed by atoms with E-state index in [1.807, 2.05) is 12.1 Å². The van der Waals surface area contributed by atoms with Gasteiger partial charge < -0.3 is 0 Å². The van der Waals surface area contributed by atoms with Crippen molar-refractivity contribution in [3.8, 4) is 10.6 Å². The van der Waals surface area contributed by atoms with Gasteiger partial charge in [-0.25, -0.2) is 12.7 Å². The Hall–Kier alpha value is -1.84. The summed E-state index contributed by atoms with van der Waals surface area (Å²) in [5, 5.41) is 14.1. The SMILES string of the molecule is Cc1ccc(-c2nn3c(C4CCCN(S(C)(=O)=O)C4)nnc3s2)cc1. The van der Waals surface area contributed by atoms with Crippen LogP contribution in [0.25, 0.3) is 15.5 Å². The molecule has 25 heavy (non-hydrogen) atoms. The van der Waals surface area contributed by atoms with Gasteiger partial charge in [-0.05, 0) is 19.8 Å². The van der Waals surface area contributed by atoms with Crippen LogP contribution in [0, 0.1) is 6.92 Å². The van der Waals surface area contributed by atoms with Crippen LogP contribution in [0.5, 0.6) is 0 Å². The molecule has 2 aromatic heterocycles. The first-order valence-corrected chi connectivity index (χ1v) is 10.8. The maximum absolute atomic E-state index is 11.9. The molecule has 1 atom stereocenters. The zero-order valence-corrected chi connectivity index (χ0v) is 15.7. The number of sulfonamides is 1. The molecule has 1 saturated heterocycles. The van der Waals surface area contributed by atoms with E-state index in [0.29, 0.717) is 13.1 Å². The van der Waals surface area contributed by atoms with Crippen molar-refractivity contribution in [1.82, 2.24) is 24.1 Å². The zero-order valence-electron chi connectivity index (χ0n) is 14.1. The molecule has 3 heterocycles. The van der Waals surface area contributed by atoms with E-state index in [1.54, 1.807) is 4.52 Å². The van der Waals surface area contributed by atoms with Crippen LogP contribution in [0.2, 0.25) is 0 Å². The number of hydrogen-bond acceptors (Lipinski definition) is 6. The van der Waals surface area contributed by atoms with Gasteiger partial charge in [-0.2, -0.15) is 9.61 Å². The molecule has 9 heteroatoms. The van der Waals surface area contributed by atoms with Crippen molar-refractivity contribution >= 4 is 26.3 Å². The second kappa shape index (κ2) is 6.15. The van der Waals surface area contributed by atoms with Crippen molar-refractivity contribution in [3.05, 3.63) is 35.7 Å². The zero-order chi connectivity index (χ0) is 17.6. The summed E-state index contributed by atoms with van der Waals surface area (Å²) in [6, 6.07) is 8.22. The number of fused-ring (bicyclic) bond motifs is 1. The van der Waals surface area contributed by atoms with Gasteiger partial charge in [0.2, 0.25) is 15.0 Å². The van der Waals surface area contributed by atoms with Crippen LogP contribution < -0.4 is 0 Å². The number of benzene rings is 1. The minimum absolute atomic E-state index is 0.0199. The first-order valence-electron chi connectivity index (χ1n) is 8.16. The molecule has 1 aliphatic rings. The second-order valence-electron chi connectivity index (χ2n) is 6.49. The lowest BCUT2D eigenvalue weighted by Crippen LogP contribution is -2.38. The molecule has 0 saturated carbocycles. The summed E-state index contributed by atoms with van der Waals surface area (Å²) in [7, 11) is -3.19.